The number of nitrogens with one attached hydrogen (secondary N) is 1. The zero-order valence-corrected chi connectivity index (χ0v) is 20.6. The molecule has 1 heterocycles. The molecule has 0 radical (unpaired) electrons. The number of rotatable bonds is 14. The molecular formula is C26H45ClN2O2. The molecule has 1 aliphatic rings. The summed E-state index contributed by atoms with van der Waals surface area (Å²) in [5.74, 6) is 0.0357. The Balaban J connectivity index is 0.00000480. The van der Waals surface area contributed by atoms with E-state index in [-0.39, 0.29) is 29.8 Å². The first-order valence-electron chi connectivity index (χ1n) is 12.3. The van der Waals surface area contributed by atoms with Crippen molar-refractivity contribution in [1.82, 2.24) is 10.2 Å². The minimum atomic E-state index is -0.218. The van der Waals surface area contributed by atoms with Crippen molar-refractivity contribution < 1.29 is 9.90 Å². The number of carbonyl (C=O) groups is 1. The maximum absolute atomic E-state index is 11.5. The highest BCUT2D eigenvalue weighted by Gasteiger charge is 2.36. The van der Waals surface area contributed by atoms with Crippen molar-refractivity contribution >= 4 is 18.3 Å². The van der Waals surface area contributed by atoms with Crippen molar-refractivity contribution in [2.45, 2.75) is 96.0 Å². The Bertz CT molecular complexity index is 588. The van der Waals surface area contributed by atoms with Crippen molar-refractivity contribution in [1.29, 1.82) is 0 Å². The van der Waals surface area contributed by atoms with Gasteiger partial charge in [0.05, 0.1) is 6.10 Å². The van der Waals surface area contributed by atoms with Crippen LogP contribution in [0.2, 0.25) is 0 Å². The summed E-state index contributed by atoms with van der Waals surface area (Å²) in [6.07, 6.45) is 13.2. The lowest BCUT2D eigenvalue weighted by atomic mass is 9.72. The summed E-state index contributed by atoms with van der Waals surface area (Å²) in [6.45, 7) is 7.28. The number of carbonyl (C=O) groups excluding carboxylic acids is 1. The van der Waals surface area contributed by atoms with Gasteiger partial charge in [0.15, 0.2) is 0 Å². The summed E-state index contributed by atoms with van der Waals surface area (Å²) in [5.41, 5.74) is 1.32. The molecule has 2 rings (SSSR count). The lowest BCUT2D eigenvalue weighted by molar-refractivity contribution is -0.119. The number of piperidine rings is 1. The maximum atomic E-state index is 11.5. The van der Waals surface area contributed by atoms with Crippen LogP contribution in [0.5, 0.6) is 0 Å². The Morgan fingerprint density at radius 3 is 2.19 bits per heavy atom. The molecule has 1 saturated heterocycles. The van der Waals surface area contributed by atoms with Crippen molar-refractivity contribution in [3.8, 4) is 0 Å². The first-order valence-corrected chi connectivity index (χ1v) is 12.3. The predicted molar refractivity (Wildman–Crippen MR) is 133 cm³/mol. The number of aliphatic hydroxyl groups excluding tert-OH is 1. The van der Waals surface area contributed by atoms with Crippen molar-refractivity contribution in [3.63, 3.8) is 0 Å². The molecule has 0 bridgehead atoms. The highest BCUT2D eigenvalue weighted by Crippen LogP contribution is 2.35. The van der Waals surface area contributed by atoms with E-state index >= 15 is 0 Å². The molecule has 1 unspecified atom stereocenters. The molecule has 5 heteroatoms. The summed E-state index contributed by atoms with van der Waals surface area (Å²) < 4.78 is 0. The second-order valence-electron chi connectivity index (χ2n) is 9.27. The van der Waals surface area contributed by atoms with Gasteiger partial charge >= 0.3 is 0 Å². The van der Waals surface area contributed by atoms with Crippen LogP contribution < -0.4 is 5.32 Å². The van der Waals surface area contributed by atoms with Crippen LogP contribution in [0.4, 0.5) is 0 Å². The fraction of sp³-hybridized carbons (Fsp3) is 0.731. The number of aliphatic hydroxyl groups is 1. The van der Waals surface area contributed by atoms with Crippen LogP contribution >= 0.6 is 12.4 Å². The van der Waals surface area contributed by atoms with E-state index in [2.05, 4.69) is 41.4 Å². The molecule has 1 aromatic rings. The maximum Gasteiger partial charge on any atom is 0.216 e. The molecular weight excluding hydrogens is 408 g/mol. The van der Waals surface area contributed by atoms with Crippen LogP contribution in [-0.4, -0.2) is 48.2 Å². The number of hydrogen-bond donors (Lipinski definition) is 2. The minimum Gasteiger partial charge on any atom is -0.392 e. The molecule has 1 aliphatic heterocycles. The van der Waals surface area contributed by atoms with Crippen LogP contribution in [0.1, 0.15) is 90.0 Å². The summed E-state index contributed by atoms with van der Waals surface area (Å²) in [5, 5.41) is 13.6. The zero-order chi connectivity index (χ0) is 21.7. The zero-order valence-electron chi connectivity index (χ0n) is 19.8. The molecule has 2 N–H and O–H groups in total. The van der Waals surface area contributed by atoms with Gasteiger partial charge in [-0.15, -0.1) is 12.4 Å². The van der Waals surface area contributed by atoms with Crippen LogP contribution in [0.3, 0.4) is 0 Å². The number of hydrogen-bond acceptors (Lipinski definition) is 3. The summed E-state index contributed by atoms with van der Waals surface area (Å²) >= 11 is 0. The van der Waals surface area contributed by atoms with E-state index in [1.165, 1.54) is 50.5 Å². The molecule has 4 nitrogen and oxygen atoms in total. The normalized spacial score (nSPS) is 17.0. The Morgan fingerprint density at radius 1 is 1.03 bits per heavy atom. The largest absolute Gasteiger partial charge is 0.392 e. The van der Waals surface area contributed by atoms with E-state index in [4.69, 9.17) is 0 Å². The monoisotopic (exact) mass is 452 g/mol. The molecule has 1 atom stereocenters. The van der Waals surface area contributed by atoms with Gasteiger partial charge < -0.3 is 15.3 Å². The van der Waals surface area contributed by atoms with Gasteiger partial charge in [-0.25, -0.2) is 0 Å². The van der Waals surface area contributed by atoms with Gasteiger partial charge in [0.2, 0.25) is 5.91 Å². The van der Waals surface area contributed by atoms with Gasteiger partial charge in [-0.05, 0) is 37.9 Å². The standard InChI is InChI=1S/C26H44N2O2.ClH/c1-3-4-5-6-7-8-9-13-16-25(30)21-28-19-17-26(18-20-28,22-27-23(2)29)24-14-11-10-12-15-24;/h10-12,14-15,25,30H,3-9,13,16-22H2,1-2H3,(H,27,29);1H. The van der Waals surface area contributed by atoms with Gasteiger partial charge in [0.1, 0.15) is 0 Å². The molecule has 0 spiro atoms. The van der Waals surface area contributed by atoms with E-state index in [1.54, 1.807) is 6.92 Å². The van der Waals surface area contributed by atoms with Gasteiger partial charge in [-0.3, -0.25) is 4.79 Å². The minimum absolute atomic E-state index is 0. The third kappa shape index (κ3) is 10.4. The average Bonchev–Trinajstić information content (AvgIpc) is 2.76. The number of likely N-dealkylation sites (tertiary alicyclic amines) is 1. The Hall–Kier alpha value is -1.10. The van der Waals surface area contributed by atoms with Gasteiger partial charge in [-0.2, -0.15) is 0 Å². The van der Waals surface area contributed by atoms with E-state index in [0.29, 0.717) is 6.54 Å². The Labute approximate surface area is 196 Å². The van der Waals surface area contributed by atoms with Gasteiger partial charge in [-0.1, -0.05) is 88.6 Å². The summed E-state index contributed by atoms with van der Waals surface area (Å²) in [6, 6.07) is 10.6. The molecule has 31 heavy (non-hydrogen) atoms. The fourth-order valence-electron chi connectivity index (χ4n) is 4.72. The second-order valence-corrected chi connectivity index (χ2v) is 9.27. The number of amides is 1. The molecule has 1 fully saturated rings. The van der Waals surface area contributed by atoms with E-state index in [9.17, 15) is 9.90 Å². The van der Waals surface area contributed by atoms with Crippen molar-refractivity contribution in [2.24, 2.45) is 0 Å². The van der Waals surface area contributed by atoms with Crippen LogP contribution in [-0.2, 0) is 10.2 Å². The number of halogens is 1. The van der Waals surface area contributed by atoms with Crippen molar-refractivity contribution in [3.05, 3.63) is 35.9 Å². The third-order valence-corrected chi connectivity index (χ3v) is 6.73. The molecule has 0 saturated carbocycles. The molecule has 1 amide bonds. The SMILES string of the molecule is CCCCCCCCCCC(O)CN1CCC(CNC(C)=O)(c2ccccc2)CC1.Cl. The van der Waals surface area contributed by atoms with E-state index in [1.807, 2.05) is 6.07 Å². The second kappa shape index (κ2) is 15.7. The highest BCUT2D eigenvalue weighted by atomic mass is 35.5. The number of benzene rings is 1. The molecule has 1 aromatic carbocycles. The topological polar surface area (TPSA) is 52.6 Å². The highest BCUT2D eigenvalue weighted by molar-refractivity contribution is 5.85. The lowest BCUT2D eigenvalue weighted by Gasteiger charge is -2.43. The molecule has 0 aromatic heterocycles. The van der Waals surface area contributed by atoms with E-state index in [0.717, 1.165) is 45.3 Å². The van der Waals surface area contributed by atoms with Crippen LogP contribution in [0.15, 0.2) is 30.3 Å². The fourth-order valence-corrected chi connectivity index (χ4v) is 4.72. The quantitative estimate of drug-likeness (QED) is 0.368. The lowest BCUT2D eigenvalue weighted by Crippen LogP contribution is -2.50. The van der Waals surface area contributed by atoms with Gasteiger partial charge in [0, 0.05) is 25.4 Å². The van der Waals surface area contributed by atoms with Gasteiger partial charge in [0.25, 0.3) is 0 Å². The van der Waals surface area contributed by atoms with Crippen LogP contribution in [0, 0.1) is 0 Å². The third-order valence-electron chi connectivity index (χ3n) is 6.73. The van der Waals surface area contributed by atoms with Crippen molar-refractivity contribution in [2.75, 3.05) is 26.2 Å². The Kier molecular flexibility index (Phi) is 14.1. The smallest absolute Gasteiger partial charge is 0.216 e. The number of unbranched alkanes of at least 4 members (excludes halogenated alkanes) is 7. The Morgan fingerprint density at radius 2 is 1.61 bits per heavy atom. The van der Waals surface area contributed by atoms with Crippen LogP contribution in [0.25, 0.3) is 0 Å². The first-order chi connectivity index (χ1) is 14.6. The van der Waals surface area contributed by atoms with E-state index < -0.39 is 0 Å². The molecule has 0 aliphatic carbocycles. The predicted octanol–water partition coefficient (Wildman–Crippen LogP) is 5.47. The number of nitrogens with zero attached hydrogens (tertiary/aromatic N) is 1. The average molecular weight is 453 g/mol. The molecule has 178 valence electrons. The number of β-amino-alcohol motifs (C(OH)–C–C–N with tert-alkyl or cyclic N) is 1. The summed E-state index contributed by atoms with van der Waals surface area (Å²) in [4.78, 5) is 13.9. The summed E-state index contributed by atoms with van der Waals surface area (Å²) in [7, 11) is 0. The first kappa shape index (κ1) is 27.9.